The van der Waals surface area contributed by atoms with Gasteiger partial charge in [-0.15, -0.1) is 0 Å². The minimum atomic E-state index is -1.02. The maximum atomic E-state index is 11.7. The molecule has 1 amide bonds. The fourth-order valence-corrected chi connectivity index (χ4v) is 1.78. The van der Waals surface area contributed by atoms with E-state index in [-0.39, 0.29) is 18.2 Å². The SMILES string of the molecule is O=C(NC(Cc1cnc[nH]1)C(=O)O)C1CCC1. The minimum Gasteiger partial charge on any atom is -0.480 e. The van der Waals surface area contributed by atoms with Gasteiger partial charge in [-0.25, -0.2) is 9.78 Å². The van der Waals surface area contributed by atoms with Gasteiger partial charge in [0, 0.05) is 24.2 Å². The standard InChI is InChI=1S/C11H15N3O3/c15-10(7-2-1-3-7)14-9(11(16)17)4-8-5-12-6-13-8/h5-7,9H,1-4H2,(H,12,13)(H,14,15)(H,16,17). The van der Waals surface area contributed by atoms with Gasteiger partial charge in [-0.3, -0.25) is 4.79 Å². The van der Waals surface area contributed by atoms with Crippen LogP contribution in [0, 0.1) is 5.92 Å². The molecule has 1 atom stereocenters. The van der Waals surface area contributed by atoms with Crippen molar-refractivity contribution in [2.75, 3.05) is 0 Å². The normalized spacial score (nSPS) is 17.2. The Hall–Kier alpha value is -1.85. The molecular formula is C11H15N3O3. The molecule has 0 aliphatic heterocycles. The summed E-state index contributed by atoms with van der Waals surface area (Å²) >= 11 is 0. The molecule has 1 aliphatic rings. The lowest BCUT2D eigenvalue weighted by Gasteiger charge is -2.25. The van der Waals surface area contributed by atoms with Crippen LogP contribution in [0.3, 0.4) is 0 Å². The maximum Gasteiger partial charge on any atom is 0.326 e. The van der Waals surface area contributed by atoms with E-state index in [2.05, 4.69) is 15.3 Å². The Kier molecular flexibility index (Phi) is 3.41. The lowest BCUT2D eigenvalue weighted by Crippen LogP contribution is -2.46. The van der Waals surface area contributed by atoms with E-state index < -0.39 is 12.0 Å². The molecule has 1 saturated carbocycles. The summed E-state index contributed by atoms with van der Waals surface area (Å²) in [4.78, 5) is 29.4. The van der Waals surface area contributed by atoms with Crippen LogP contribution >= 0.6 is 0 Å². The monoisotopic (exact) mass is 237 g/mol. The highest BCUT2D eigenvalue weighted by Gasteiger charge is 2.29. The smallest absolute Gasteiger partial charge is 0.326 e. The first kappa shape index (κ1) is 11.6. The summed E-state index contributed by atoms with van der Waals surface area (Å²) < 4.78 is 0. The van der Waals surface area contributed by atoms with Gasteiger partial charge in [-0.05, 0) is 12.8 Å². The number of H-pyrrole nitrogens is 1. The van der Waals surface area contributed by atoms with Gasteiger partial charge < -0.3 is 15.4 Å². The topological polar surface area (TPSA) is 95.1 Å². The molecule has 1 heterocycles. The number of carbonyl (C=O) groups is 2. The highest BCUT2D eigenvalue weighted by Crippen LogP contribution is 2.26. The van der Waals surface area contributed by atoms with Gasteiger partial charge >= 0.3 is 5.97 Å². The lowest BCUT2D eigenvalue weighted by atomic mass is 9.84. The van der Waals surface area contributed by atoms with Crippen LogP contribution in [0.4, 0.5) is 0 Å². The van der Waals surface area contributed by atoms with E-state index in [0.29, 0.717) is 5.69 Å². The van der Waals surface area contributed by atoms with Crippen LogP contribution in [-0.2, 0) is 16.0 Å². The molecular weight excluding hydrogens is 222 g/mol. The largest absolute Gasteiger partial charge is 0.480 e. The van der Waals surface area contributed by atoms with Crippen LogP contribution in [0.1, 0.15) is 25.0 Å². The van der Waals surface area contributed by atoms with Crippen molar-refractivity contribution in [3.63, 3.8) is 0 Å². The molecule has 6 nitrogen and oxygen atoms in total. The van der Waals surface area contributed by atoms with Crippen molar-refractivity contribution in [1.82, 2.24) is 15.3 Å². The number of carbonyl (C=O) groups excluding carboxylic acids is 1. The number of nitrogens with one attached hydrogen (secondary N) is 2. The Morgan fingerprint density at radius 3 is 2.82 bits per heavy atom. The maximum absolute atomic E-state index is 11.7. The van der Waals surface area contributed by atoms with Crippen molar-refractivity contribution in [3.8, 4) is 0 Å². The Bertz CT molecular complexity index is 398. The number of carboxylic acid groups (broad SMARTS) is 1. The number of aliphatic carboxylic acids is 1. The van der Waals surface area contributed by atoms with Gasteiger partial charge in [0.25, 0.3) is 0 Å². The summed E-state index contributed by atoms with van der Waals surface area (Å²) in [7, 11) is 0. The third kappa shape index (κ3) is 2.83. The first-order valence-electron chi connectivity index (χ1n) is 5.67. The van der Waals surface area contributed by atoms with Crippen molar-refractivity contribution in [2.24, 2.45) is 5.92 Å². The van der Waals surface area contributed by atoms with Crippen molar-refractivity contribution in [3.05, 3.63) is 18.2 Å². The molecule has 1 fully saturated rings. The van der Waals surface area contributed by atoms with Crippen LogP contribution in [-0.4, -0.2) is 33.0 Å². The van der Waals surface area contributed by atoms with Gasteiger partial charge in [-0.2, -0.15) is 0 Å². The van der Waals surface area contributed by atoms with E-state index in [1.54, 1.807) is 6.20 Å². The second-order valence-electron chi connectivity index (χ2n) is 4.31. The number of hydrogen-bond donors (Lipinski definition) is 3. The van der Waals surface area contributed by atoms with Gasteiger partial charge in [0.1, 0.15) is 6.04 Å². The molecule has 0 saturated heterocycles. The van der Waals surface area contributed by atoms with Crippen molar-refractivity contribution >= 4 is 11.9 Å². The van der Waals surface area contributed by atoms with Crippen LogP contribution in [0.2, 0.25) is 0 Å². The van der Waals surface area contributed by atoms with Crippen LogP contribution < -0.4 is 5.32 Å². The average molecular weight is 237 g/mol. The van der Waals surface area contributed by atoms with Crippen LogP contribution in [0.15, 0.2) is 12.5 Å². The zero-order chi connectivity index (χ0) is 12.3. The van der Waals surface area contributed by atoms with Gasteiger partial charge in [0.2, 0.25) is 5.91 Å². The number of hydrogen-bond acceptors (Lipinski definition) is 3. The molecule has 92 valence electrons. The number of imidazole rings is 1. The minimum absolute atomic E-state index is 0.00128. The zero-order valence-corrected chi connectivity index (χ0v) is 9.35. The number of rotatable bonds is 5. The lowest BCUT2D eigenvalue weighted by molar-refractivity contribution is -0.143. The van der Waals surface area contributed by atoms with E-state index in [4.69, 9.17) is 5.11 Å². The summed E-state index contributed by atoms with van der Waals surface area (Å²) in [5.41, 5.74) is 0.700. The molecule has 6 heteroatoms. The van der Waals surface area contributed by atoms with Gasteiger partial charge in [-0.1, -0.05) is 6.42 Å². The summed E-state index contributed by atoms with van der Waals surface area (Å²) in [6, 6.07) is -0.886. The quantitative estimate of drug-likeness (QED) is 0.687. The van der Waals surface area contributed by atoms with E-state index in [9.17, 15) is 9.59 Å². The second kappa shape index (κ2) is 4.99. The average Bonchev–Trinajstić information content (AvgIpc) is 2.66. The molecule has 1 aliphatic carbocycles. The van der Waals surface area contributed by atoms with Crippen LogP contribution in [0.5, 0.6) is 0 Å². The molecule has 1 aromatic rings. The first-order chi connectivity index (χ1) is 8.16. The second-order valence-corrected chi connectivity index (χ2v) is 4.31. The predicted octanol–water partition coefficient (Wildman–Crippen LogP) is 0.322. The van der Waals surface area contributed by atoms with Crippen molar-refractivity contribution < 1.29 is 14.7 Å². The highest BCUT2D eigenvalue weighted by molar-refractivity contribution is 5.85. The van der Waals surface area contributed by atoms with E-state index in [1.807, 2.05) is 0 Å². The molecule has 0 spiro atoms. The van der Waals surface area contributed by atoms with Crippen LogP contribution in [0.25, 0.3) is 0 Å². The fraction of sp³-hybridized carbons (Fsp3) is 0.545. The molecule has 2 rings (SSSR count). The van der Waals surface area contributed by atoms with E-state index >= 15 is 0 Å². The van der Waals surface area contributed by atoms with Crippen molar-refractivity contribution in [1.29, 1.82) is 0 Å². The van der Waals surface area contributed by atoms with E-state index in [1.165, 1.54) is 6.33 Å². The molecule has 0 radical (unpaired) electrons. The fourth-order valence-electron chi connectivity index (χ4n) is 1.78. The molecule has 3 N–H and O–H groups in total. The summed E-state index contributed by atoms with van der Waals surface area (Å²) in [6.07, 6.45) is 6.06. The predicted molar refractivity (Wildman–Crippen MR) is 59.2 cm³/mol. The number of nitrogens with zero attached hydrogens (tertiary/aromatic N) is 1. The first-order valence-corrected chi connectivity index (χ1v) is 5.67. The molecule has 1 aromatic heterocycles. The van der Waals surface area contributed by atoms with Gasteiger partial charge in [0.15, 0.2) is 0 Å². The van der Waals surface area contributed by atoms with Crippen molar-refractivity contribution in [2.45, 2.75) is 31.7 Å². The number of aromatic amines is 1. The number of amides is 1. The van der Waals surface area contributed by atoms with Gasteiger partial charge in [0.05, 0.1) is 6.33 Å². The Morgan fingerprint density at radius 1 is 1.59 bits per heavy atom. The Balaban J connectivity index is 1.92. The number of aromatic nitrogens is 2. The summed E-state index contributed by atoms with van der Waals surface area (Å²) in [5, 5.41) is 11.6. The molecule has 0 aromatic carbocycles. The Morgan fingerprint density at radius 2 is 2.35 bits per heavy atom. The van der Waals surface area contributed by atoms with E-state index in [0.717, 1.165) is 19.3 Å². The Labute approximate surface area is 98.4 Å². The summed E-state index contributed by atoms with van der Waals surface area (Å²) in [5.74, 6) is -1.17. The molecule has 1 unspecified atom stereocenters. The third-order valence-corrected chi connectivity index (χ3v) is 3.07. The third-order valence-electron chi connectivity index (χ3n) is 3.07. The summed E-state index contributed by atoms with van der Waals surface area (Å²) in [6.45, 7) is 0. The highest BCUT2D eigenvalue weighted by atomic mass is 16.4. The zero-order valence-electron chi connectivity index (χ0n) is 9.35. The number of carboxylic acids is 1. The molecule has 0 bridgehead atoms. The molecule has 17 heavy (non-hydrogen) atoms.